The highest BCUT2D eigenvalue weighted by molar-refractivity contribution is 6.30. The number of aliphatic hydroxyl groups excluding tert-OH is 1. The molecule has 5 heteroatoms. The standard InChI is InChI=1S/C19H20ClNO3/c20-15-6-7-16(17(22)12-15)19(24)21-10-8-14(9-11-21)18(23)13-4-2-1-3-5-13/h1-7,12,14,18,22-23H,8-11H2. The van der Waals surface area contributed by atoms with E-state index in [-0.39, 0.29) is 23.1 Å². The number of carbonyl (C=O) groups excluding carboxylic acids is 1. The number of phenols is 1. The first-order valence-corrected chi connectivity index (χ1v) is 8.45. The van der Waals surface area contributed by atoms with Crippen molar-refractivity contribution < 1.29 is 15.0 Å². The van der Waals surface area contributed by atoms with E-state index in [1.165, 1.54) is 6.07 Å². The second-order valence-corrected chi connectivity index (χ2v) is 6.58. The summed E-state index contributed by atoms with van der Waals surface area (Å²) in [7, 11) is 0. The Morgan fingerprint density at radius 3 is 2.42 bits per heavy atom. The largest absolute Gasteiger partial charge is 0.507 e. The van der Waals surface area contributed by atoms with E-state index in [2.05, 4.69) is 0 Å². The molecule has 1 amide bonds. The SMILES string of the molecule is O=C(c1ccc(Cl)cc1O)N1CCC(C(O)c2ccccc2)CC1. The number of amides is 1. The molecule has 2 aromatic rings. The third kappa shape index (κ3) is 3.55. The van der Waals surface area contributed by atoms with Gasteiger partial charge in [0.1, 0.15) is 5.75 Å². The maximum Gasteiger partial charge on any atom is 0.257 e. The Hall–Kier alpha value is -2.04. The minimum Gasteiger partial charge on any atom is -0.507 e. The molecule has 0 bridgehead atoms. The summed E-state index contributed by atoms with van der Waals surface area (Å²) in [5.74, 6) is -0.161. The Labute approximate surface area is 146 Å². The minimum atomic E-state index is -0.507. The van der Waals surface area contributed by atoms with Crippen molar-refractivity contribution in [2.24, 2.45) is 5.92 Å². The number of carbonyl (C=O) groups is 1. The molecule has 1 atom stereocenters. The number of benzene rings is 2. The molecule has 0 saturated carbocycles. The van der Waals surface area contributed by atoms with Crippen LogP contribution in [-0.4, -0.2) is 34.1 Å². The molecule has 0 aromatic heterocycles. The molecule has 0 spiro atoms. The maximum atomic E-state index is 12.5. The summed E-state index contributed by atoms with van der Waals surface area (Å²) in [6.45, 7) is 1.13. The van der Waals surface area contributed by atoms with Crippen molar-refractivity contribution in [2.45, 2.75) is 18.9 Å². The van der Waals surface area contributed by atoms with Gasteiger partial charge in [-0.1, -0.05) is 41.9 Å². The van der Waals surface area contributed by atoms with Gasteiger partial charge in [0.25, 0.3) is 5.91 Å². The Morgan fingerprint density at radius 1 is 1.12 bits per heavy atom. The molecule has 1 unspecified atom stereocenters. The minimum absolute atomic E-state index is 0.0982. The molecule has 1 heterocycles. The van der Waals surface area contributed by atoms with Crippen molar-refractivity contribution in [3.63, 3.8) is 0 Å². The predicted molar refractivity (Wildman–Crippen MR) is 93.1 cm³/mol. The Balaban J connectivity index is 1.63. The van der Waals surface area contributed by atoms with Gasteiger partial charge in [0.05, 0.1) is 11.7 Å². The van der Waals surface area contributed by atoms with Crippen LogP contribution in [0.1, 0.15) is 34.9 Å². The number of rotatable bonds is 3. The van der Waals surface area contributed by atoms with Crippen LogP contribution >= 0.6 is 11.6 Å². The van der Waals surface area contributed by atoms with E-state index in [1.807, 2.05) is 30.3 Å². The van der Waals surface area contributed by atoms with Crippen molar-refractivity contribution in [2.75, 3.05) is 13.1 Å². The zero-order valence-corrected chi connectivity index (χ0v) is 14.0. The Kier molecular flexibility index (Phi) is 5.07. The van der Waals surface area contributed by atoms with Gasteiger partial charge in [-0.2, -0.15) is 0 Å². The van der Waals surface area contributed by atoms with Crippen LogP contribution < -0.4 is 0 Å². The third-order valence-electron chi connectivity index (χ3n) is 4.60. The molecule has 1 saturated heterocycles. The van der Waals surface area contributed by atoms with Crippen LogP contribution in [0.3, 0.4) is 0 Å². The highest BCUT2D eigenvalue weighted by Gasteiger charge is 2.29. The van der Waals surface area contributed by atoms with Crippen molar-refractivity contribution in [1.29, 1.82) is 0 Å². The fraction of sp³-hybridized carbons (Fsp3) is 0.316. The summed E-state index contributed by atoms with van der Waals surface area (Å²) in [5.41, 5.74) is 1.18. The second kappa shape index (κ2) is 7.24. The lowest BCUT2D eigenvalue weighted by Crippen LogP contribution is -2.39. The van der Waals surface area contributed by atoms with Gasteiger partial charge in [0, 0.05) is 18.1 Å². The number of aromatic hydroxyl groups is 1. The van der Waals surface area contributed by atoms with Crippen molar-refractivity contribution in [1.82, 2.24) is 4.90 Å². The molecule has 1 fully saturated rings. The normalized spacial score (nSPS) is 16.8. The molecular weight excluding hydrogens is 326 g/mol. The van der Waals surface area contributed by atoms with Crippen LogP contribution in [0.2, 0.25) is 5.02 Å². The molecule has 1 aliphatic rings. The van der Waals surface area contributed by atoms with E-state index in [9.17, 15) is 15.0 Å². The van der Waals surface area contributed by atoms with Gasteiger partial charge in [-0.05, 0) is 42.5 Å². The summed E-state index contributed by atoms with van der Waals surface area (Å²) >= 11 is 5.81. The van der Waals surface area contributed by atoms with E-state index in [0.29, 0.717) is 18.1 Å². The molecule has 126 valence electrons. The summed E-state index contributed by atoms with van der Waals surface area (Å²) in [4.78, 5) is 14.3. The monoisotopic (exact) mass is 345 g/mol. The highest BCUT2D eigenvalue weighted by atomic mass is 35.5. The average Bonchev–Trinajstić information content (AvgIpc) is 2.61. The van der Waals surface area contributed by atoms with E-state index in [4.69, 9.17) is 11.6 Å². The first-order valence-electron chi connectivity index (χ1n) is 8.07. The number of hydrogen-bond acceptors (Lipinski definition) is 3. The fourth-order valence-corrected chi connectivity index (χ4v) is 3.36. The quantitative estimate of drug-likeness (QED) is 0.893. The number of halogens is 1. The summed E-state index contributed by atoms with van der Waals surface area (Å²) < 4.78 is 0. The topological polar surface area (TPSA) is 60.8 Å². The number of hydrogen-bond donors (Lipinski definition) is 2. The van der Waals surface area contributed by atoms with Crippen molar-refractivity contribution in [3.05, 3.63) is 64.7 Å². The van der Waals surface area contributed by atoms with Gasteiger partial charge in [0.15, 0.2) is 0 Å². The molecule has 1 aliphatic heterocycles. The number of nitrogens with zero attached hydrogens (tertiary/aromatic N) is 1. The van der Waals surface area contributed by atoms with E-state index >= 15 is 0 Å². The van der Waals surface area contributed by atoms with Crippen LogP contribution in [0.5, 0.6) is 5.75 Å². The van der Waals surface area contributed by atoms with E-state index < -0.39 is 6.10 Å². The third-order valence-corrected chi connectivity index (χ3v) is 4.84. The van der Waals surface area contributed by atoms with Gasteiger partial charge in [-0.3, -0.25) is 4.79 Å². The van der Waals surface area contributed by atoms with Gasteiger partial charge in [0.2, 0.25) is 0 Å². The summed E-state index contributed by atoms with van der Waals surface area (Å²) in [6, 6.07) is 14.1. The molecule has 2 N–H and O–H groups in total. The lowest BCUT2D eigenvalue weighted by Gasteiger charge is -2.34. The molecule has 4 nitrogen and oxygen atoms in total. The second-order valence-electron chi connectivity index (χ2n) is 6.15. The molecule has 2 aromatic carbocycles. The zero-order chi connectivity index (χ0) is 17.1. The maximum absolute atomic E-state index is 12.5. The highest BCUT2D eigenvalue weighted by Crippen LogP contribution is 2.32. The van der Waals surface area contributed by atoms with Crippen molar-refractivity contribution >= 4 is 17.5 Å². The molecule has 0 aliphatic carbocycles. The van der Waals surface area contributed by atoms with Gasteiger partial charge >= 0.3 is 0 Å². The molecule has 24 heavy (non-hydrogen) atoms. The first-order chi connectivity index (χ1) is 11.6. The van der Waals surface area contributed by atoms with Gasteiger partial charge in [-0.25, -0.2) is 0 Å². The molecule has 3 rings (SSSR count). The summed E-state index contributed by atoms with van der Waals surface area (Å²) in [5, 5.41) is 20.8. The van der Waals surface area contributed by atoms with Gasteiger partial charge < -0.3 is 15.1 Å². The summed E-state index contributed by atoms with van der Waals surface area (Å²) in [6.07, 6.45) is 0.958. The Bertz CT molecular complexity index is 712. The molecular formula is C19H20ClNO3. The van der Waals surface area contributed by atoms with Crippen LogP contribution in [-0.2, 0) is 0 Å². The average molecular weight is 346 g/mol. The fourth-order valence-electron chi connectivity index (χ4n) is 3.20. The van der Waals surface area contributed by atoms with Crippen LogP contribution in [0, 0.1) is 5.92 Å². The first kappa shape index (κ1) is 16.8. The predicted octanol–water partition coefficient (Wildman–Crippen LogP) is 3.63. The van der Waals surface area contributed by atoms with Gasteiger partial charge in [-0.15, -0.1) is 0 Å². The number of likely N-dealkylation sites (tertiary alicyclic amines) is 1. The Morgan fingerprint density at radius 2 is 1.79 bits per heavy atom. The van der Waals surface area contributed by atoms with E-state index in [1.54, 1.807) is 17.0 Å². The number of aliphatic hydroxyl groups is 1. The van der Waals surface area contributed by atoms with Crippen molar-refractivity contribution in [3.8, 4) is 5.75 Å². The van der Waals surface area contributed by atoms with E-state index in [0.717, 1.165) is 18.4 Å². The smallest absolute Gasteiger partial charge is 0.257 e. The molecule has 0 radical (unpaired) electrons. The number of piperidine rings is 1. The van der Waals surface area contributed by atoms with Crippen LogP contribution in [0.15, 0.2) is 48.5 Å². The zero-order valence-electron chi connectivity index (χ0n) is 13.2. The van der Waals surface area contributed by atoms with Crippen LogP contribution in [0.25, 0.3) is 0 Å². The lowest BCUT2D eigenvalue weighted by atomic mass is 9.87. The number of phenolic OH excluding ortho intramolecular Hbond substituents is 1. The lowest BCUT2D eigenvalue weighted by molar-refractivity contribution is 0.0460. The van der Waals surface area contributed by atoms with Crippen LogP contribution in [0.4, 0.5) is 0 Å².